The first-order valence-electron chi connectivity index (χ1n) is 10.1. The number of para-hydroxylation sites is 1. The number of fused-ring (bicyclic) bond motifs is 2. The van der Waals surface area contributed by atoms with Crippen LogP contribution in [0.25, 0.3) is 22.3 Å². The molecule has 2 aromatic heterocycles. The lowest BCUT2D eigenvalue weighted by Gasteiger charge is -2.11. The maximum atomic E-state index is 12.8. The van der Waals surface area contributed by atoms with Crippen molar-refractivity contribution >= 4 is 34.1 Å². The minimum Gasteiger partial charge on any atom is -0.321 e. The van der Waals surface area contributed by atoms with Crippen LogP contribution in [0.2, 0.25) is 5.02 Å². The summed E-state index contributed by atoms with van der Waals surface area (Å²) in [4.78, 5) is 17.2. The van der Waals surface area contributed by atoms with Crippen LogP contribution in [0.4, 0.5) is 5.69 Å². The summed E-state index contributed by atoms with van der Waals surface area (Å²) in [7, 11) is 0. The van der Waals surface area contributed by atoms with Gasteiger partial charge >= 0.3 is 0 Å². The molecular weight excluding hydrogens is 398 g/mol. The normalized spacial score (nSPS) is 13.6. The van der Waals surface area contributed by atoms with Gasteiger partial charge in [0.25, 0.3) is 5.91 Å². The van der Waals surface area contributed by atoms with Crippen LogP contribution in [0, 0.1) is 0 Å². The van der Waals surface area contributed by atoms with Crippen LogP contribution in [0.1, 0.15) is 35.6 Å². The van der Waals surface area contributed by atoms with Gasteiger partial charge in [-0.05, 0) is 43.2 Å². The number of nitrogens with zero attached hydrogens (tertiary/aromatic N) is 4. The fourth-order valence-electron chi connectivity index (χ4n) is 3.85. The summed E-state index contributed by atoms with van der Waals surface area (Å²) < 4.78 is 2.14. The van der Waals surface area contributed by atoms with Gasteiger partial charge in [-0.2, -0.15) is 0 Å². The lowest BCUT2D eigenvalue weighted by Crippen LogP contribution is -2.13. The molecule has 0 spiro atoms. The van der Waals surface area contributed by atoms with E-state index in [1.165, 1.54) is 6.42 Å². The maximum absolute atomic E-state index is 12.8. The van der Waals surface area contributed by atoms with Crippen LogP contribution in [-0.2, 0) is 13.0 Å². The van der Waals surface area contributed by atoms with Crippen molar-refractivity contribution in [2.24, 2.45) is 0 Å². The molecule has 0 saturated carbocycles. The summed E-state index contributed by atoms with van der Waals surface area (Å²) in [6.45, 7) is 0.881. The predicted molar refractivity (Wildman–Crippen MR) is 118 cm³/mol. The Morgan fingerprint density at radius 2 is 1.90 bits per heavy atom. The average Bonchev–Trinajstić information content (AvgIpc) is 3.02. The second-order valence-corrected chi connectivity index (χ2v) is 7.85. The smallest absolute Gasteiger partial charge is 0.274 e. The molecule has 3 heterocycles. The number of benzene rings is 2. The number of nitrogens with one attached hydrogen (secondary N) is 1. The summed E-state index contributed by atoms with van der Waals surface area (Å²) in [5, 5.41) is 13.2. The first-order valence-corrected chi connectivity index (χ1v) is 10.5. The van der Waals surface area contributed by atoms with Gasteiger partial charge in [0.2, 0.25) is 0 Å². The van der Waals surface area contributed by atoms with Gasteiger partial charge in [-0.15, -0.1) is 10.2 Å². The van der Waals surface area contributed by atoms with E-state index in [0.29, 0.717) is 16.4 Å². The molecule has 0 fully saturated rings. The molecule has 1 amide bonds. The summed E-state index contributed by atoms with van der Waals surface area (Å²) in [5.41, 5.74) is 2.55. The molecule has 0 aliphatic carbocycles. The van der Waals surface area contributed by atoms with Gasteiger partial charge in [0.1, 0.15) is 11.5 Å². The summed E-state index contributed by atoms with van der Waals surface area (Å²) >= 11 is 6.48. The van der Waals surface area contributed by atoms with E-state index in [1.54, 1.807) is 18.2 Å². The topological polar surface area (TPSA) is 72.7 Å². The third kappa shape index (κ3) is 3.55. The Bertz CT molecular complexity index is 1250. The number of anilines is 1. The van der Waals surface area contributed by atoms with E-state index >= 15 is 0 Å². The minimum absolute atomic E-state index is 0.269. The van der Waals surface area contributed by atoms with Crippen molar-refractivity contribution in [3.8, 4) is 11.4 Å². The first kappa shape index (κ1) is 18.8. The molecule has 5 rings (SSSR count). The first-order chi connectivity index (χ1) is 14.7. The second-order valence-electron chi connectivity index (χ2n) is 7.44. The Hall–Kier alpha value is -3.25. The van der Waals surface area contributed by atoms with Crippen molar-refractivity contribution in [2.45, 2.75) is 32.2 Å². The molecule has 30 heavy (non-hydrogen) atoms. The van der Waals surface area contributed by atoms with E-state index in [9.17, 15) is 4.79 Å². The van der Waals surface area contributed by atoms with E-state index in [1.807, 2.05) is 36.4 Å². The van der Waals surface area contributed by atoms with Crippen molar-refractivity contribution in [3.05, 3.63) is 71.1 Å². The third-order valence-electron chi connectivity index (χ3n) is 5.41. The summed E-state index contributed by atoms with van der Waals surface area (Å²) in [6.07, 6.45) is 4.33. The minimum atomic E-state index is -0.269. The second kappa shape index (κ2) is 7.88. The highest BCUT2D eigenvalue weighted by atomic mass is 35.5. The van der Waals surface area contributed by atoms with Gasteiger partial charge in [-0.1, -0.05) is 42.3 Å². The number of carbonyl (C=O) groups excluding carboxylic acids is 1. The van der Waals surface area contributed by atoms with E-state index in [4.69, 9.17) is 11.6 Å². The molecule has 0 saturated heterocycles. The molecule has 0 atom stereocenters. The molecule has 1 N–H and O–H groups in total. The van der Waals surface area contributed by atoms with Gasteiger partial charge in [0.15, 0.2) is 5.82 Å². The van der Waals surface area contributed by atoms with Gasteiger partial charge in [0.05, 0.1) is 10.5 Å². The highest BCUT2D eigenvalue weighted by Crippen LogP contribution is 2.31. The number of aromatic nitrogens is 4. The molecule has 4 aromatic rings. The van der Waals surface area contributed by atoms with Crippen molar-refractivity contribution in [1.29, 1.82) is 0 Å². The number of carbonyl (C=O) groups is 1. The van der Waals surface area contributed by atoms with Crippen molar-refractivity contribution < 1.29 is 4.79 Å². The zero-order valence-corrected chi connectivity index (χ0v) is 17.1. The van der Waals surface area contributed by atoms with E-state index in [2.05, 4.69) is 25.1 Å². The SMILES string of the molecule is O=C(Nc1ccc(Cl)c(-c2nnc3n2CCCCC3)c1)c1ccc2ccccc2n1. The monoisotopic (exact) mass is 417 g/mol. The number of halogens is 1. The molecule has 1 aliphatic heterocycles. The Morgan fingerprint density at radius 3 is 2.83 bits per heavy atom. The van der Waals surface area contributed by atoms with Crippen LogP contribution in [-0.4, -0.2) is 25.7 Å². The number of amides is 1. The van der Waals surface area contributed by atoms with Crippen molar-refractivity contribution in [1.82, 2.24) is 19.7 Å². The van der Waals surface area contributed by atoms with Crippen LogP contribution in [0.3, 0.4) is 0 Å². The highest BCUT2D eigenvalue weighted by Gasteiger charge is 2.19. The zero-order valence-electron chi connectivity index (χ0n) is 16.3. The van der Waals surface area contributed by atoms with Gasteiger partial charge in [-0.25, -0.2) is 4.98 Å². The summed E-state index contributed by atoms with van der Waals surface area (Å²) in [5.74, 6) is 1.47. The fourth-order valence-corrected chi connectivity index (χ4v) is 4.05. The largest absolute Gasteiger partial charge is 0.321 e. The van der Waals surface area contributed by atoms with Gasteiger partial charge in [0, 0.05) is 29.6 Å². The Labute approximate surface area is 178 Å². The molecule has 6 nitrogen and oxygen atoms in total. The van der Waals surface area contributed by atoms with Gasteiger partial charge in [-0.3, -0.25) is 4.79 Å². The highest BCUT2D eigenvalue weighted by molar-refractivity contribution is 6.33. The molecule has 0 bridgehead atoms. The number of aryl methyl sites for hydroxylation is 1. The van der Waals surface area contributed by atoms with Crippen LogP contribution in [0.5, 0.6) is 0 Å². The van der Waals surface area contributed by atoms with E-state index in [-0.39, 0.29) is 5.91 Å². The van der Waals surface area contributed by atoms with Gasteiger partial charge < -0.3 is 9.88 Å². The number of pyridine rings is 1. The molecular formula is C23H20ClN5O. The quantitative estimate of drug-likeness (QED) is 0.501. The lowest BCUT2D eigenvalue weighted by molar-refractivity contribution is 0.102. The fraction of sp³-hybridized carbons (Fsp3) is 0.217. The molecule has 0 radical (unpaired) electrons. The molecule has 2 aromatic carbocycles. The number of hydrogen-bond acceptors (Lipinski definition) is 4. The van der Waals surface area contributed by atoms with E-state index < -0.39 is 0 Å². The molecule has 0 unspecified atom stereocenters. The van der Waals surface area contributed by atoms with Crippen molar-refractivity contribution in [3.63, 3.8) is 0 Å². The lowest BCUT2D eigenvalue weighted by atomic mass is 10.1. The number of hydrogen-bond donors (Lipinski definition) is 1. The van der Waals surface area contributed by atoms with Crippen molar-refractivity contribution in [2.75, 3.05) is 5.32 Å². The summed E-state index contributed by atoms with van der Waals surface area (Å²) in [6, 6.07) is 16.8. The van der Waals surface area contributed by atoms with Crippen LogP contribution < -0.4 is 5.32 Å². The maximum Gasteiger partial charge on any atom is 0.274 e. The van der Waals surface area contributed by atoms with E-state index in [0.717, 1.165) is 53.9 Å². The zero-order chi connectivity index (χ0) is 20.5. The standard InChI is InChI=1S/C23H20ClN5O/c24-18-11-10-16(14-17(18)22-28-27-21-8-2-1-5-13-29(21)22)25-23(30)20-12-9-15-6-3-4-7-19(15)26-20/h3-4,6-7,9-12,14H,1-2,5,8,13H2,(H,25,30). The number of rotatable bonds is 3. The van der Waals surface area contributed by atoms with Crippen LogP contribution in [0.15, 0.2) is 54.6 Å². The Morgan fingerprint density at radius 1 is 1.00 bits per heavy atom. The Kier molecular flexibility index (Phi) is 4.93. The van der Waals surface area contributed by atoms with Crippen LogP contribution >= 0.6 is 11.6 Å². The molecule has 1 aliphatic rings. The Balaban J connectivity index is 1.45. The molecule has 150 valence electrons. The molecule has 7 heteroatoms. The average molecular weight is 418 g/mol. The predicted octanol–water partition coefficient (Wildman–Crippen LogP) is 5.13. The third-order valence-corrected chi connectivity index (χ3v) is 5.74.